The van der Waals surface area contributed by atoms with E-state index in [4.69, 9.17) is 0 Å². The topological polar surface area (TPSA) is 72.2 Å². The highest BCUT2D eigenvalue weighted by molar-refractivity contribution is 6.08. The molecule has 0 aliphatic heterocycles. The van der Waals surface area contributed by atoms with Crippen molar-refractivity contribution in [3.8, 4) is 0 Å². The van der Waals surface area contributed by atoms with Gasteiger partial charge in [-0.1, -0.05) is 37.3 Å². The smallest absolute Gasteiger partial charge is 0.291 e. The third-order valence-electron chi connectivity index (χ3n) is 6.46. The van der Waals surface area contributed by atoms with E-state index in [2.05, 4.69) is 53.4 Å². The summed E-state index contributed by atoms with van der Waals surface area (Å²) in [5, 5.41) is 9.03. The second kappa shape index (κ2) is 10.1. The Morgan fingerprint density at radius 2 is 1.91 bits per heavy atom. The SMILES string of the molecule is CCC(C(=O)NCCCN(CC)c1cccc(C)c1)n1c2ccccc2c2cnn(C)c(=O)c21. The van der Waals surface area contributed by atoms with Gasteiger partial charge in [-0.05, 0) is 50.5 Å². The number of nitrogens with zero attached hydrogens (tertiary/aromatic N) is 4. The van der Waals surface area contributed by atoms with Crippen LogP contribution in [0.25, 0.3) is 21.8 Å². The molecular formula is C27H33N5O2. The van der Waals surface area contributed by atoms with Crippen LogP contribution in [-0.4, -0.2) is 39.9 Å². The third kappa shape index (κ3) is 4.42. The van der Waals surface area contributed by atoms with Crippen molar-refractivity contribution < 1.29 is 4.79 Å². The normalized spacial score (nSPS) is 12.2. The lowest BCUT2D eigenvalue weighted by molar-refractivity contribution is -0.124. The maximum absolute atomic E-state index is 13.3. The van der Waals surface area contributed by atoms with E-state index in [1.807, 2.05) is 35.8 Å². The Morgan fingerprint density at radius 1 is 1.12 bits per heavy atom. The number of aromatic nitrogens is 3. The van der Waals surface area contributed by atoms with Crippen LogP contribution in [0.5, 0.6) is 0 Å². The maximum atomic E-state index is 13.3. The molecule has 0 saturated carbocycles. The summed E-state index contributed by atoms with van der Waals surface area (Å²) in [6, 6.07) is 15.8. The Bertz CT molecular complexity index is 1370. The highest BCUT2D eigenvalue weighted by atomic mass is 16.2. The average Bonchev–Trinajstić information content (AvgIpc) is 3.17. The Balaban J connectivity index is 1.53. The molecule has 4 aromatic rings. The number of rotatable bonds is 9. The lowest BCUT2D eigenvalue weighted by Gasteiger charge is -2.24. The van der Waals surface area contributed by atoms with E-state index < -0.39 is 6.04 Å². The van der Waals surface area contributed by atoms with Gasteiger partial charge in [-0.25, -0.2) is 4.68 Å². The summed E-state index contributed by atoms with van der Waals surface area (Å²) >= 11 is 0. The van der Waals surface area contributed by atoms with Crippen LogP contribution in [0.1, 0.15) is 38.3 Å². The fourth-order valence-electron chi connectivity index (χ4n) is 4.69. The second-order valence-electron chi connectivity index (χ2n) is 8.71. The molecular weight excluding hydrogens is 426 g/mol. The highest BCUT2D eigenvalue weighted by Gasteiger charge is 2.25. The summed E-state index contributed by atoms with van der Waals surface area (Å²) in [5.74, 6) is -0.0670. The summed E-state index contributed by atoms with van der Waals surface area (Å²) in [7, 11) is 1.64. The molecule has 1 N–H and O–H groups in total. The van der Waals surface area contributed by atoms with Crippen molar-refractivity contribution in [2.24, 2.45) is 7.05 Å². The van der Waals surface area contributed by atoms with Crippen LogP contribution in [0.2, 0.25) is 0 Å². The number of carbonyl (C=O) groups is 1. The molecule has 2 aromatic heterocycles. The molecule has 1 atom stereocenters. The Hall–Kier alpha value is -3.61. The Morgan fingerprint density at radius 3 is 2.65 bits per heavy atom. The van der Waals surface area contributed by atoms with Crippen LogP contribution in [-0.2, 0) is 11.8 Å². The van der Waals surface area contributed by atoms with Gasteiger partial charge in [0, 0.05) is 43.1 Å². The fourth-order valence-corrected chi connectivity index (χ4v) is 4.69. The predicted molar refractivity (Wildman–Crippen MR) is 139 cm³/mol. The summed E-state index contributed by atoms with van der Waals surface area (Å²) in [4.78, 5) is 28.7. The summed E-state index contributed by atoms with van der Waals surface area (Å²) in [6.07, 6.45) is 3.13. The van der Waals surface area contributed by atoms with Crippen molar-refractivity contribution in [1.82, 2.24) is 19.7 Å². The number of anilines is 1. The molecule has 4 rings (SSSR count). The molecule has 0 spiro atoms. The van der Waals surface area contributed by atoms with E-state index in [9.17, 15) is 9.59 Å². The van der Waals surface area contributed by atoms with E-state index in [-0.39, 0.29) is 11.5 Å². The molecule has 0 fully saturated rings. The summed E-state index contributed by atoms with van der Waals surface area (Å²) < 4.78 is 3.22. The number of hydrogen-bond acceptors (Lipinski definition) is 4. The first-order chi connectivity index (χ1) is 16.5. The van der Waals surface area contributed by atoms with Crippen molar-refractivity contribution in [1.29, 1.82) is 0 Å². The largest absolute Gasteiger partial charge is 0.372 e. The molecule has 7 heteroatoms. The molecule has 34 heavy (non-hydrogen) atoms. The van der Waals surface area contributed by atoms with Gasteiger partial charge in [-0.3, -0.25) is 9.59 Å². The summed E-state index contributed by atoms with van der Waals surface area (Å²) in [6.45, 7) is 8.57. The molecule has 0 aliphatic carbocycles. The standard InChI is InChI=1S/C27H33N5O2/c1-5-23(26(33)28-15-10-16-31(6-2)20-12-9-11-19(3)17-20)32-24-14-8-7-13-21(24)22-18-29-30(4)27(34)25(22)32/h7-9,11-14,17-18,23H,5-6,10,15-16H2,1-4H3,(H,28,33). The first-order valence-electron chi connectivity index (χ1n) is 12.0. The van der Waals surface area contributed by atoms with Crippen LogP contribution in [0.3, 0.4) is 0 Å². The number of aryl methyl sites for hydroxylation is 2. The molecule has 1 unspecified atom stereocenters. The zero-order valence-corrected chi connectivity index (χ0v) is 20.4. The summed E-state index contributed by atoms with van der Waals surface area (Å²) in [5.41, 5.74) is 3.65. The van der Waals surface area contributed by atoms with Crippen molar-refractivity contribution >= 4 is 33.4 Å². The van der Waals surface area contributed by atoms with Gasteiger partial charge >= 0.3 is 0 Å². The molecule has 0 aliphatic rings. The number of para-hydroxylation sites is 1. The van der Waals surface area contributed by atoms with Crippen LogP contribution in [0.15, 0.2) is 59.5 Å². The van der Waals surface area contributed by atoms with E-state index in [0.29, 0.717) is 18.5 Å². The quantitative estimate of drug-likeness (QED) is 0.381. The Kier molecular flexibility index (Phi) is 7.01. The lowest BCUT2D eigenvalue weighted by Crippen LogP contribution is -2.35. The van der Waals surface area contributed by atoms with Gasteiger partial charge in [0.05, 0.1) is 11.7 Å². The molecule has 1 amide bonds. The molecule has 0 bridgehead atoms. The predicted octanol–water partition coefficient (Wildman–Crippen LogP) is 4.18. The molecule has 2 heterocycles. The van der Waals surface area contributed by atoms with Gasteiger partial charge in [0.15, 0.2) is 0 Å². The van der Waals surface area contributed by atoms with Crippen molar-refractivity contribution in [2.45, 2.75) is 39.7 Å². The molecule has 7 nitrogen and oxygen atoms in total. The zero-order valence-electron chi connectivity index (χ0n) is 20.4. The van der Waals surface area contributed by atoms with Gasteiger partial charge in [0.1, 0.15) is 11.6 Å². The zero-order chi connectivity index (χ0) is 24.2. The molecule has 2 aromatic carbocycles. The average molecular weight is 460 g/mol. The maximum Gasteiger partial charge on any atom is 0.291 e. The van der Waals surface area contributed by atoms with Crippen molar-refractivity contribution in [3.63, 3.8) is 0 Å². The van der Waals surface area contributed by atoms with Crippen LogP contribution < -0.4 is 15.8 Å². The van der Waals surface area contributed by atoms with E-state index in [1.165, 1.54) is 15.9 Å². The number of nitrogens with one attached hydrogen (secondary N) is 1. The first kappa shape index (κ1) is 23.5. The molecule has 178 valence electrons. The van der Waals surface area contributed by atoms with Gasteiger partial charge in [-0.15, -0.1) is 0 Å². The number of carbonyl (C=O) groups excluding carboxylic acids is 1. The van der Waals surface area contributed by atoms with Gasteiger partial charge < -0.3 is 14.8 Å². The first-order valence-corrected chi connectivity index (χ1v) is 12.0. The minimum Gasteiger partial charge on any atom is -0.372 e. The minimum absolute atomic E-state index is 0.0670. The van der Waals surface area contributed by atoms with Crippen LogP contribution >= 0.6 is 0 Å². The monoisotopic (exact) mass is 459 g/mol. The Labute approximate surface area is 200 Å². The van der Waals surface area contributed by atoms with Crippen LogP contribution in [0, 0.1) is 6.92 Å². The van der Waals surface area contributed by atoms with E-state index in [0.717, 1.165) is 35.8 Å². The minimum atomic E-state index is -0.475. The molecule has 0 saturated heterocycles. The van der Waals surface area contributed by atoms with E-state index in [1.54, 1.807) is 13.2 Å². The van der Waals surface area contributed by atoms with Gasteiger partial charge in [-0.2, -0.15) is 5.10 Å². The second-order valence-corrected chi connectivity index (χ2v) is 8.71. The number of hydrogen-bond donors (Lipinski definition) is 1. The highest BCUT2D eigenvalue weighted by Crippen LogP contribution is 2.30. The lowest BCUT2D eigenvalue weighted by atomic mass is 10.2. The van der Waals surface area contributed by atoms with Crippen molar-refractivity contribution in [2.75, 3.05) is 24.5 Å². The van der Waals surface area contributed by atoms with Gasteiger partial charge in [0.25, 0.3) is 5.56 Å². The number of amides is 1. The number of fused-ring (bicyclic) bond motifs is 3. The number of benzene rings is 2. The third-order valence-corrected chi connectivity index (χ3v) is 6.46. The van der Waals surface area contributed by atoms with Gasteiger partial charge in [0.2, 0.25) is 5.91 Å². The molecule has 0 radical (unpaired) electrons. The van der Waals surface area contributed by atoms with Crippen molar-refractivity contribution in [3.05, 3.63) is 70.6 Å². The van der Waals surface area contributed by atoms with Crippen LogP contribution in [0.4, 0.5) is 5.69 Å². The van der Waals surface area contributed by atoms with E-state index >= 15 is 0 Å². The fraction of sp³-hybridized carbons (Fsp3) is 0.370.